The van der Waals surface area contributed by atoms with Gasteiger partial charge in [-0.25, -0.2) is 12.7 Å². The van der Waals surface area contributed by atoms with Gasteiger partial charge in [-0.05, 0) is 18.2 Å². The van der Waals surface area contributed by atoms with Crippen molar-refractivity contribution in [3.63, 3.8) is 0 Å². The molecule has 2 heterocycles. The minimum absolute atomic E-state index is 0.0714. The van der Waals surface area contributed by atoms with Crippen molar-refractivity contribution in [1.82, 2.24) is 9.62 Å². The summed E-state index contributed by atoms with van der Waals surface area (Å²) in [6.45, 7) is 1.21. The van der Waals surface area contributed by atoms with Gasteiger partial charge in [0.25, 0.3) is 0 Å². The number of thioether (sulfide) groups is 1. The standard InChI is InChI=1S/C13H18N2O4S2/c16-13(4-3-12-2-1-8-19-12)14-5-11-21(17,18)15-6-9-20-10-7-15/h1-4,8H,5-7,9-11H2,(H,14,16)/b4-3-. The number of rotatable bonds is 6. The number of carbonyl (C=O) groups excluding carboxylic acids is 1. The number of sulfonamides is 1. The average Bonchev–Trinajstić information content (AvgIpc) is 2.99. The summed E-state index contributed by atoms with van der Waals surface area (Å²) in [5.41, 5.74) is 0. The van der Waals surface area contributed by atoms with Gasteiger partial charge in [-0.2, -0.15) is 11.8 Å². The van der Waals surface area contributed by atoms with Crippen LogP contribution in [0.4, 0.5) is 0 Å². The van der Waals surface area contributed by atoms with Crippen molar-refractivity contribution in [2.45, 2.75) is 0 Å². The molecule has 8 heteroatoms. The zero-order valence-corrected chi connectivity index (χ0v) is 13.2. The molecule has 1 aliphatic heterocycles. The highest BCUT2D eigenvalue weighted by Gasteiger charge is 2.23. The summed E-state index contributed by atoms with van der Waals surface area (Å²) < 4.78 is 30.6. The first-order valence-corrected chi connectivity index (χ1v) is 9.39. The van der Waals surface area contributed by atoms with Crippen LogP contribution < -0.4 is 5.32 Å². The second kappa shape index (κ2) is 7.67. The molecule has 21 heavy (non-hydrogen) atoms. The van der Waals surface area contributed by atoms with E-state index in [1.807, 2.05) is 0 Å². The van der Waals surface area contributed by atoms with Gasteiger partial charge in [-0.15, -0.1) is 0 Å². The van der Waals surface area contributed by atoms with Crippen LogP contribution in [0.2, 0.25) is 0 Å². The number of carbonyl (C=O) groups is 1. The Morgan fingerprint density at radius 1 is 1.43 bits per heavy atom. The smallest absolute Gasteiger partial charge is 0.244 e. The van der Waals surface area contributed by atoms with Gasteiger partial charge in [-0.3, -0.25) is 4.79 Å². The van der Waals surface area contributed by atoms with Gasteiger partial charge in [0.05, 0.1) is 12.0 Å². The first-order valence-electron chi connectivity index (χ1n) is 6.63. The van der Waals surface area contributed by atoms with Crippen LogP contribution in [-0.2, 0) is 14.8 Å². The van der Waals surface area contributed by atoms with E-state index < -0.39 is 10.0 Å². The SMILES string of the molecule is O=C(/C=C\c1ccco1)NCCS(=O)(=O)N1CCSCC1. The molecule has 0 bridgehead atoms. The molecule has 0 spiro atoms. The lowest BCUT2D eigenvalue weighted by Gasteiger charge is -2.25. The molecular formula is C13H18N2O4S2. The molecule has 0 radical (unpaired) electrons. The van der Waals surface area contributed by atoms with Gasteiger partial charge in [0.2, 0.25) is 15.9 Å². The third-order valence-electron chi connectivity index (χ3n) is 2.96. The third-order valence-corrected chi connectivity index (χ3v) is 5.78. The third kappa shape index (κ3) is 5.22. The molecule has 0 saturated carbocycles. The Balaban J connectivity index is 1.74. The van der Waals surface area contributed by atoms with E-state index >= 15 is 0 Å². The molecule has 0 aromatic carbocycles. The second-order valence-electron chi connectivity index (χ2n) is 4.47. The van der Waals surface area contributed by atoms with Gasteiger partial charge < -0.3 is 9.73 Å². The highest BCUT2D eigenvalue weighted by Crippen LogP contribution is 2.12. The molecule has 0 aliphatic carbocycles. The molecule has 1 amide bonds. The van der Waals surface area contributed by atoms with Crippen LogP contribution in [-0.4, -0.2) is 55.5 Å². The Bertz CT molecular complexity index is 575. The quantitative estimate of drug-likeness (QED) is 0.780. The summed E-state index contributed by atoms with van der Waals surface area (Å²) in [6, 6.07) is 3.45. The lowest BCUT2D eigenvalue weighted by Crippen LogP contribution is -2.41. The Kier molecular flexibility index (Phi) is 5.89. The summed E-state index contributed by atoms with van der Waals surface area (Å²) in [6.07, 6.45) is 4.37. The average molecular weight is 330 g/mol. The van der Waals surface area contributed by atoms with Crippen LogP contribution in [0.3, 0.4) is 0 Å². The number of hydrogen-bond donors (Lipinski definition) is 1. The maximum atomic E-state index is 12.0. The molecule has 1 aromatic heterocycles. The van der Waals surface area contributed by atoms with E-state index in [-0.39, 0.29) is 18.2 Å². The number of furan rings is 1. The highest BCUT2D eigenvalue weighted by atomic mass is 32.2. The van der Waals surface area contributed by atoms with E-state index in [0.717, 1.165) is 11.5 Å². The minimum atomic E-state index is -3.27. The lowest BCUT2D eigenvalue weighted by molar-refractivity contribution is -0.116. The van der Waals surface area contributed by atoms with Crippen molar-refractivity contribution in [2.24, 2.45) is 0 Å². The predicted molar refractivity (Wildman–Crippen MR) is 83.4 cm³/mol. The van der Waals surface area contributed by atoms with Crippen molar-refractivity contribution < 1.29 is 17.6 Å². The van der Waals surface area contributed by atoms with Crippen molar-refractivity contribution in [2.75, 3.05) is 36.9 Å². The van der Waals surface area contributed by atoms with Gasteiger partial charge in [0.15, 0.2) is 0 Å². The number of nitrogens with one attached hydrogen (secondary N) is 1. The second-order valence-corrected chi connectivity index (χ2v) is 7.78. The number of amides is 1. The van der Waals surface area contributed by atoms with Gasteiger partial charge >= 0.3 is 0 Å². The first kappa shape index (κ1) is 16.1. The molecule has 0 atom stereocenters. The van der Waals surface area contributed by atoms with Crippen molar-refractivity contribution >= 4 is 33.8 Å². The van der Waals surface area contributed by atoms with E-state index in [1.54, 1.807) is 23.9 Å². The Hall–Kier alpha value is -1.25. The predicted octanol–water partition coefficient (Wildman–Crippen LogP) is 0.788. The fraction of sp³-hybridized carbons (Fsp3) is 0.462. The molecule has 1 saturated heterocycles. The van der Waals surface area contributed by atoms with Gasteiger partial charge in [-0.1, -0.05) is 0 Å². The highest BCUT2D eigenvalue weighted by molar-refractivity contribution is 7.99. The van der Waals surface area contributed by atoms with Crippen molar-refractivity contribution in [3.05, 3.63) is 30.2 Å². The van der Waals surface area contributed by atoms with E-state index in [1.165, 1.54) is 22.7 Å². The number of nitrogens with zero attached hydrogens (tertiary/aromatic N) is 1. The van der Waals surface area contributed by atoms with Crippen molar-refractivity contribution in [3.8, 4) is 0 Å². The van der Waals surface area contributed by atoms with Crippen LogP contribution in [0, 0.1) is 0 Å². The van der Waals surface area contributed by atoms with E-state index in [0.29, 0.717) is 18.8 Å². The summed E-state index contributed by atoms with van der Waals surface area (Å²) in [5, 5.41) is 2.56. The van der Waals surface area contributed by atoms with Crippen LogP contribution in [0.1, 0.15) is 5.76 Å². The lowest BCUT2D eigenvalue weighted by atomic mass is 10.4. The fourth-order valence-corrected chi connectivity index (χ4v) is 4.35. The van der Waals surface area contributed by atoms with Crippen LogP contribution >= 0.6 is 11.8 Å². The molecule has 2 rings (SSSR count). The maximum absolute atomic E-state index is 12.0. The Morgan fingerprint density at radius 2 is 2.19 bits per heavy atom. The van der Waals surface area contributed by atoms with E-state index in [2.05, 4.69) is 5.32 Å². The zero-order valence-electron chi connectivity index (χ0n) is 11.5. The van der Waals surface area contributed by atoms with Crippen molar-refractivity contribution in [1.29, 1.82) is 0 Å². The summed E-state index contributed by atoms with van der Waals surface area (Å²) in [7, 11) is -3.27. The monoisotopic (exact) mass is 330 g/mol. The molecular weight excluding hydrogens is 312 g/mol. The number of hydrogen-bond acceptors (Lipinski definition) is 5. The fourth-order valence-electron chi connectivity index (χ4n) is 1.86. The molecule has 6 nitrogen and oxygen atoms in total. The van der Waals surface area contributed by atoms with Crippen LogP contribution in [0.15, 0.2) is 28.9 Å². The van der Waals surface area contributed by atoms with Crippen LogP contribution in [0.25, 0.3) is 6.08 Å². The van der Waals surface area contributed by atoms with E-state index in [4.69, 9.17) is 4.42 Å². The first-order chi connectivity index (χ1) is 10.1. The summed E-state index contributed by atoms with van der Waals surface area (Å²) in [5.74, 6) is 1.83. The largest absolute Gasteiger partial charge is 0.465 e. The molecule has 1 aliphatic rings. The van der Waals surface area contributed by atoms with Gasteiger partial charge in [0, 0.05) is 37.2 Å². The summed E-state index contributed by atoms with van der Waals surface area (Å²) in [4.78, 5) is 11.5. The van der Waals surface area contributed by atoms with E-state index in [9.17, 15) is 13.2 Å². The summed E-state index contributed by atoms with van der Waals surface area (Å²) >= 11 is 1.75. The Morgan fingerprint density at radius 3 is 2.86 bits per heavy atom. The minimum Gasteiger partial charge on any atom is -0.465 e. The normalized spacial score (nSPS) is 17.1. The molecule has 116 valence electrons. The van der Waals surface area contributed by atoms with Crippen LogP contribution in [0.5, 0.6) is 0 Å². The molecule has 1 N–H and O–H groups in total. The molecule has 0 unspecified atom stereocenters. The maximum Gasteiger partial charge on any atom is 0.244 e. The molecule has 1 aromatic rings. The molecule has 1 fully saturated rings. The van der Waals surface area contributed by atoms with Gasteiger partial charge in [0.1, 0.15) is 5.76 Å². The Labute approximate surface area is 128 Å². The topological polar surface area (TPSA) is 79.6 Å². The zero-order chi connectivity index (χ0) is 15.1.